The van der Waals surface area contributed by atoms with Gasteiger partial charge < -0.3 is 14.6 Å². The molecule has 1 unspecified atom stereocenters. The summed E-state index contributed by atoms with van der Waals surface area (Å²) in [5.41, 5.74) is -0.311. The number of hydrogen-bond acceptors (Lipinski definition) is 4. The van der Waals surface area contributed by atoms with Crippen LogP contribution in [0.15, 0.2) is 12.2 Å². The predicted molar refractivity (Wildman–Crippen MR) is 78.4 cm³/mol. The van der Waals surface area contributed by atoms with Crippen LogP contribution in [0.25, 0.3) is 0 Å². The predicted octanol–water partition coefficient (Wildman–Crippen LogP) is 2.84. The summed E-state index contributed by atoms with van der Waals surface area (Å²) in [5.74, 6) is -0.612. The van der Waals surface area contributed by atoms with Gasteiger partial charge in [-0.25, -0.2) is 0 Å². The van der Waals surface area contributed by atoms with Crippen LogP contribution in [0, 0.1) is 5.41 Å². The summed E-state index contributed by atoms with van der Waals surface area (Å²) in [6, 6.07) is 0. The lowest BCUT2D eigenvalue weighted by atomic mass is 9.82. The zero-order chi connectivity index (χ0) is 15.4. The van der Waals surface area contributed by atoms with Crippen molar-refractivity contribution in [2.24, 2.45) is 5.41 Å². The molecule has 0 bridgehead atoms. The monoisotopic (exact) mass is 284 g/mol. The summed E-state index contributed by atoms with van der Waals surface area (Å²) in [7, 11) is 0. The summed E-state index contributed by atoms with van der Waals surface area (Å²) >= 11 is 0. The van der Waals surface area contributed by atoms with Crippen molar-refractivity contribution in [1.29, 1.82) is 0 Å². The molecule has 0 aromatic carbocycles. The Hall–Kier alpha value is -0.710. The molecule has 1 N–H and O–H groups in total. The van der Waals surface area contributed by atoms with E-state index in [4.69, 9.17) is 9.47 Å². The molecule has 0 aromatic heterocycles. The molecule has 0 amide bonds. The molecule has 116 valence electrons. The highest BCUT2D eigenvalue weighted by Crippen LogP contribution is 2.35. The van der Waals surface area contributed by atoms with E-state index in [0.29, 0.717) is 25.9 Å². The highest BCUT2D eigenvalue weighted by molar-refractivity contribution is 5.84. The molecule has 4 heteroatoms. The Bertz CT molecular complexity index is 357. The van der Waals surface area contributed by atoms with Gasteiger partial charge in [0.25, 0.3) is 0 Å². The van der Waals surface area contributed by atoms with Crippen LogP contribution in [0.3, 0.4) is 0 Å². The number of rotatable bonds is 6. The van der Waals surface area contributed by atoms with Gasteiger partial charge in [-0.15, -0.1) is 0 Å². The Morgan fingerprint density at radius 3 is 2.65 bits per heavy atom. The van der Waals surface area contributed by atoms with Gasteiger partial charge >= 0.3 is 0 Å². The number of carbonyl (C=O) groups is 1. The molecule has 4 nitrogen and oxygen atoms in total. The third-order valence-electron chi connectivity index (χ3n) is 3.53. The van der Waals surface area contributed by atoms with Crippen LogP contribution >= 0.6 is 0 Å². The van der Waals surface area contributed by atoms with Gasteiger partial charge in [0.2, 0.25) is 0 Å². The van der Waals surface area contributed by atoms with E-state index in [-0.39, 0.29) is 11.2 Å². The van der Waals surface area contributed by atoms with Crippen LogP contribution in [-0.4, -0.2) is 35.5 Å². The fourth-order valence-electron chi connectivity index (χ4n) is 2.35. The minimum absolute atomic E-state index is 0.0963. The highest BCUT2D eigenvalue weighted by atomic mass is 16.7. The maximum atomic E-state index is 12.4. The number of ether oxygens (including phenoxy) is 2. The molecule has 0 radical (unpaired) electrons. The van der Waals surface area contributed by atoms with Crippen molar-refractivity contribution in [1.82, 2.24) is 0 Å². The second-order valence-electron chi connectivity index (χ2n) is 6.63. The molecular formula is C16H28O4. The van der Waals surface area contributed by atoms with Gasteiger partial charge in [-0.2, -0.15) is 0 Å². The van der Waals surface area contributed by atoms with Crippen molar-refractivity contribution in [3.63, 3.8) is 0 Å². The van der Waals surface area contributed by atoms with Gasteiger partial charge in [-0.05, 0) is 33.6 Å². The van der Waals surface area contributed by atoms with Crippen molar-refractivity contribution >= 4 is 5.78 Å². The number of ketones is 1. The van der Waals surface area contributed by atoms with Gasteiger partial charge in [0, 0.05) is 11.8 Å². The lowest BCUT2D eigenvalue weighted by Crippen LogP contribution is -2.53. The number of Topliss-reactive ketones (excluding diaryl/α,β-unsaturated/α-hetero) is 1. The van der Waals surface area contributed by atoms with E-state index in [1.54, 1.807) is 6.08 Å². The lowest BCUT2D eigenvalue weighted by Gasteiger charge is -2.45. The standard InChI is InChI=1S/C16H28O4/c1-6-8-12(17)9-7-10-13(18)14-15(2,3)11-19-16(4,5)20-14/h6,8,12,14,17H,7,9-11H2,1-5H3/b8-6+/t12?,14-/m0/s1. The Morgan fingerprint density at radius 1 is 1.40 bits per heavy atom. The number of hydrogen-bond donors (Lipinski definition) is 1. The quantitative estimate of drug-likeness (QED) is 0.762. The molecule has 0 spiro atoms. The fraction of sp³-hybridized carbons (Fsp3) is 0.812. The summed E-state index contributed by atoms with van der Waals surface area (Å²) < 4.78 is 11.4. The van der Waals surface area contributed by atoms with Crippen LogP contribution < -0.4 is 0 Å². The molecule has 1 heterocycles. The fourth-order valence-corrected chi connectivity index (χ4v) is 2.35. The van der Waals surface area contributed by atoms with Crippen LogP contribution in [0.5, 0.6) is 0 Å². The van der Waals surface area contributed by atoms with Crippen LogP contribution in [0.1, 0.15) is 53.9 Å². The molecule has 1 fully saturated rings. The number of aliphatic hydroxyl groups is 1. The van der Waals surface area contributed by atoms with Crippen molar-refractivity contribution in [2.75, 3.05) is 6.61 Å². The summed E-state index contributed by atoms with van der Waals surface area (Å²) in [6.07, 6.45) is 4.35. The van der Waals surface area contributed by atoms with E-state index < -0.39 is 18.0 Å². The topological polar surface area (TPSA) is 55.8 Å². The molecule has 20 heavy (non-hydrogen) atoms. The van der Waals surface area contributed by atoms with Crippen molar-refractivity contribution in [3.05, 3.63) is 12.2 Å². The summed E-state index contributed by atoms with van der Waals surface area (Å²) in [4.78, 5) is 12.4. The van der Waals surface area contributed by atoms with Crippen molar-refractivity contribution < 1.29 is 19.4 Å². The molecule has 1 saturated heterocycles. The molecule has 0 saturated carbocycles. The molecule has 1 aliphatic heterocycles. The van der Waals surface area contributed by atoms with Gasteiger partial charge in [0.1, 0.15) is 6.10 Å². The molecule has 2 atom stereocenters. The normalized spacial score (nSPS) is 26.6. The SMILES string of the molecule is C/C=C/C(O)CCCC(=O)[C@@H]1OC(C)(C)OCC1(C)C. The molecule has 0 aromatic rings. The summed E-state index contributed by atoms with van der Waals surface area (Å²) in [5, 5.41) is 9.61. The van der Waals surface area contributed by atoms with Crippen LogP contribution in [0.4, 0.5) is 0 Å². The van der Waals surface area contributed by atoms with Crippen LogP contribution in [-0.2, 0) is 14.3 Å². The Kier molecular flexibility index (Phi) is 5.92. The van der Waals surface area contributed by atoms with E-state index in [1.807, 2.05) is 40.7 Å². The Balaban J connectivity index is 2.52. The lowest BCUT2D eigenvalue weighted by molar-refractivity contribution is -0.303. The highest BCUT2D eigenvalue weighted by Gasteiger charge is 2.45. The first kappa shape index (κ1) is 17.3. The zero-order valence-corrected chi connectivity index (χ0v) is 13.3. The molecular weight excluding hydrogens is 256 g/mol. The maximum absolute atomic E-state index is 12.4. The smallest absolute Gasteiger partial charge is 0.163 e. The third-order valence-corrected chi connectivity index (χ3v) is 3.53. The molecule has 0 aliphatic carbocycles. The average Bonchev–Trinajstić information content (AvgIpc) is 2.33. The largest absolute Gasteiger partial charge is 0.389 e. The van der Waals surface area contributed by atoms with Crippen molar-refractivity contribution in [2.45, 2.75) is 71.9 Å². The number of allylic oxidation sites excluding steroid dienone is 1. The second kappa shape index (κ2) is 6.83. The van der Waals surface area contributed by atoms with E-state index in [1.165, 1.54) is 0 Å². The first-order chi connectivity index (χ1) is 9.18. The van der Waals surface area contributed by atoms with Crippen molar-refractivity contribution in [3.8, 4) is 0 Å². The minimum atomic E-state index is -0.708. The van der Waals surface area contributed by atoms with Gasteiger partial charge in [-0.3, -0.25) is 4.79 Å². The van der Waals surface area contributed by atoms with Gasteiger partial charge in [0.15, 0.2) is 11.6 Å². The first-order valence-electron chi connectivity index (χ1n) is 7.33. The minimum Gasteiger partial charge on any atom is -0.389 e. The number of aliphatic hydroxyl groups excluding tert-OH is 1. The van der Waals surface area contributed by atoms with E-state index in [9.17, 15) is 9.90 Å². The first-order valence-corrected chi connectivity index (χ1v) is 7.33. The summed E-state index contributed by atoms with van der Waals surface area (Å²) in [6.45, 7) is 10.0. The average molecular weight is 284 g/mol. The van der Waals surface area contributed by atoms with Gasteiger partial charge in [0.05, 0.1) is 12.7 Å². The van der Waals surface area contributed by atoms with Gasteiger partial charge in [-0.1, -0.05) is 26.0 Å². The van der Waals surface area contributed by atoms with E-state index in [0.717, 1.165) is 0 Å². The van der Waals surface area contributed by atoms with E-state index >= 15 is 0 Å². The second-order valence-corrected chi connectivity index (χ2v) is 6.63. The third kappa shape index (κ3) is 5.00. The molecule has 1 rings (SSSR count). The molecule has 1 aliphatic rings. The zero-order valence-electron chi connectivity index (χ0n) is 13.3. The van der Waals surface area contributed by atoms with E-state index in [2.05, 4.69) is 0 Å². The Morgan fingerprint density at radius 2 is 2.05 bits per heavy atom. The maximum Gasteiger partial charge on any atom is 0.163 e. The van der Waals surface area contributed by atoms with Crippen LogP contribution in [0.2, 0.25) is 0 Å². The number of carbonyl (C=O) groups excluding carboxylic acids is 1. The Labute approximate surface area is 122 Å².